The van der Waals surface area contributed by atoms with Crippen LogP contribution in [0.3, 0.4) is 0 Å². The zero-order valence-electron chi connectivity index (χ0n) is 31.2. The Morgan fingerprint density at radius 1 is 0.458 bits per heavy atom. The van der Waals surface area contributed by atoms with Gasteiger partial charge in [0.2, 0.25) is 0 Å². The van der Waals surface area contributed by atoms with Gasteiger partial charge in [-0.2, -0.15) is 0 Å². The molecular weight excluding hydrogens is 745 g/mol. The van der Waals surface area contributed by atoms with Crippen molar-refractivity contribution in [1.29, 1.82) is 0 Å². The molecule has 59 heavy (non-hydrogen) atoms. The number of ether oxygens (including phenoxy) is 2. The molecule has 12 nitrogen and oxygen atoms in total. The molecule has 0 aliphatic carbocycles. The summed E-state index contributed by atoms with van der Waals surface area (Å²) in [5.41, 5.74) is 11.7. The summed E-state index contributed by atoms with van der Waals surface area (Å²) in [5, 5.41) is 23.4. The van der Waals surface area contributed by atoms with Crippen molar-refractivity contribution in [3.05, 3.63) is 164 Å². The molecule has 0 atom stereocenters. The molecule has 11 rings (SSSR count). The van der Waals surface area contributed by atoms with Gasteiger partial charge in [0.25, 0.3) is 11.4 Å². The Bertz CT molecular complexity index is 2880. The number of H-pyrrole nitrogens is 2. The third-order valence-corrected chi connectivity index (χ3v) is 10.6. The summed E-state index contributed by atoms with van der Waals surface area (Å²) < 4.78 is 13.0. The highest BCUT2D eigenvalue weighted by molar-refractivity contribution is 6.00. The van der Waals surface area contributed by atoms with Crippen LogP contribution in [0, 0.1) is 20.2 Å². The number of rotatable bonds is 4. The van der Waals surface area contributed by atoms with Crippen molar-refractivity contribution in [3.8, 4) is 56.0 Å². The van der Waals surface area contributed by atoms with Crippen LogP contribution in [0.1, 0.15) is 29.2 Å². The molecule has 0 unspecified atom stereocenters. The van der Waals surface area contributed by atoms with Crippen LogP contribution in [0.15, 0.2) is 121 Å². The number of hydrogen-bond acceptors (Lipinski definition) is 8. The standard InChI is InChI=1S/C47H32N6O6/c54-52(55)30-14-10-28(11-15-30)44-34-18-22-38(48-34)46-32-6-1-3-8-42(32)58-26-5-27-59-43-9-4-2-7-33(43)47(40-24-20-36(44)50-40)41-25-21-37(51-41)45(35-19-23-39(46)49-35)29-12-16-31(17-13-29)53(56)57/h1-4,6-25,48,51H,5,26-27H2. The molecule has 286 valence electrons. The third kappa shape index (κ3) is 6.38. The van der Waals surface area contributed by atoms with Gasteiger partial charge in [-0.25, -0.2) is 9.97 Å². The maximum Gasteiger partial charge on any atom is 0.269 e. The molecule has 4 aromatic carbocycles. The van der Waals surface area contributed by atoms with Crippen molar-refractivity contribution < 1.29 is 19.3 Å². The number of fused-ring (bicyclic) bond motifs is 4. The summed E-state index contributed by atoms with van der Waals surface area (Å²) in [6, 6.07) is 36.6. The van der Waals surface area contributed by atoms with Crippen molar-refractivity contribution in [2.45, 2.75) is 6.42 Å². The molecule has 3 aromatic heterocycles. The number of nitro benzene ring substituents is 2. The van der Waals surface area contributed by atoms with Gasteiger partial charge in [0.05, 0.1) is 45.8 Å². The van der Waals surface area contributed by atoms with Gasteiger partial charge in [0.1, 0.15) is 11.5 Å². The summed E-state index contributed by atoms with van der Waals surface area (Å²) >= 11 is 0. The van der Waals surface area contributed by atoms with Crippen LogP contribution in [0.4, 0.5) is 11.4 Å². The van der Waals surface area contributed by atoms with Crippen LogP contribution in [0.2, 0.25) is 0 Å². The van der Waals surface area contributed by atoms with E-state index in [1.54, 1.807) is 24.3 Å². The third-order valence-electron chi connectivity index (χ3n) is 10.6. The molecule has 0 fully saturated rings. The second kappa shape index (κ2) is 14.4. The fourth-order valence-corrected chi connectivity index (χ4v) is 7.90. The molecule has 0 saturated carbocycles. The molecule has 0 spiro atoms. The summed E-state index contributed by atoms with van der Waals surface area (Å²) in [6.45, 7) is 0.783. The Labute approximate surface area is 336 Å². The fraction of sp³-hybridized carbons (Fsp3) is 0.0638. The molecular formula is C47H32N6O6. The first kappa shape index (κ1) is 35.3. The van der Waals surface area contributed by atoms with E-state index in [4.69, 9.17) is 19.4 Å². The minimum atomic E-state index is -0.411. The van der Waals surface area contributed by atoms with E-state index in [1.807, 2.05) is 97.1 Å². The zero-order chi connectivity index (χ0) is 40.0. The van der Waals surface area contributed by atoms with Crippen LogP contribution in [-0.2, 0) is 0 Å². The van der Waals surface area contributed by atoms with Gasteiger partial charge >= 0.3 is 0 Å². The average Bonchev–Trinajstić information content (AvgIpc) is 4.10. The van der Waals surface area contributed by atoms with E-state index in [-0.39, 0.29) is 11.4 Å². The number of para-hydroxylation sites is 2. The monoisotopic (exact) mass is 776 g/mol. The molecule has 2 N–H and O–H groups in total. The van der Waals surface area contributed by atoms with E-state index >= 15 is 0 Å². The molecule has 0 amide bonds. The molecule has 10 bridgehead atoms. The molecule has 0 radical (unpaired) electrons. The predicted octanol–water partition coefficient (Wildman–Crippen LogP) is 11.3. The van der Waals surface area contributed by atoms with E-state index in [1.165, 1.54) is 24.3 Å². The number of benzene rings is 4. The number of aromatic amines is 2. The lowest BCUT2D eigenvalue weighted by Crippen LogP contribution is -2.06. The zero-order valence-corrected chi connectivity index (χ0v) is 31.2. The summed E-state index contributed by atoms with van der Waals surface area (Å²) in [7, 11) is 0. The number of nitro groups is 2. The van der Waals surface area contributed by atoms with E-state index in [0.29, 0.717) is 53.9 Å². The summed E-state index contributed by atoms with van der Waals surface area (Å²) in [6.07, 6.45) is 8.47. The van der Waals surface area contributed by atoms with Gasteiger partial charge in [-0.15, -0.1) is 0 Å². The molecule has 4 aliphatic rings. The number of non-ortho nitro benzene ring substituents is 2. The van der Waals surface area contributed by atoms with E-state index in [0.717, 1.165) is 66.6 Å². The highest BCUT2D eigenvalue weighted by atomic mass is 16.6. The Balaban J connectivity index is 1.40. The molecule has 7 aromatic rings. The number of hydrogen-bond donors (Lipinski definition) is 2. The summed E-state index contributed by atoms with van der Waals surface area (Å²) in [4.78, 5) is 40.5. The highest BCUT2D eigenvalue weighted by Gasteiger charge is 2.22. The topological polar surface area (TPSA) is 162 Å². The van der Waals surface area contributed by atoms with Crippen molar-refractivity contribution in [2.24, 2.45) is 0 Å². The lowest BCUT2D eigenvalue weighted by atomic mass is 10.0. The highest BCUT2D eigenvalue weighted by Crippen LogP contribution is 2.42. The van der Waals surface area contributed by atoms with Crippen molar-refractivity contribution in [1.82, 2.24) is 19.9 Å². The van der Waals surface area contributed by atoms with E-state index in [9.17, 15) is 20.2 Å². The molecule has 12 heteroatoms. The normalized spacial score (nSPS) is 12.9. The number of nitrogens with one attached hydrogen (secondary N) is 2. The minimum Gasteiger partial charge on any atom is -0.493 e. The second-order valence-corrected chi connectivity index (χ2v) is 14.2. The maximum atomic E-state index is 11.7. The van der Waals surface area contributed by atoms with Crippen molar-refractivity contribution in [3.63, 3.8) is 0 Å². The van der Waals surface area contributed by atoms with Gasteiger partial charge < -0.3 is 19.4 Å². The van der Waals surface area contributed by atoms with Crippen molar-refractivity contribution >= 4 is 57.7 Å². The SMILES string of the molecule is O=[N+]([O-])c1ccc(-c2c3nc(c4c5ccc([nH]5)c(-c5ccc([N+](=O)[O-])cc5)c5nc(c(c6ccc2[nH]6)-c2ccccc2OCCCOc2ccccc2-4)C=C5)C=C3)cc1. The summed E-state index contributed by atoms with van der Waals surface area (Å²) in [5.74, 6) is 1.33. The van der Waals surface area contributed by atoms with Crippen LogP contribution < -0.4 is 9.47 Å². The lowest BCUT2D eigenvalue weighted by molar-refractivity contribution is -0.385. The van der Waals surface area contributed by atoms with Gasteiger partial charge in [0.15, 0.2) is 0 Å². The quantitative estimate of drug-likeness (QED) is 0.132. The second-order valence-electron chi connectivity index (χ2n) is 14.2. The van der Waals surface area contributed by atoms with Gasteiger partial charge in [-0.3, -0.25) is 20.2 Å². The Morgan fingerprint density at radius 2 is 0.814 bits per heavy atom. The first-order chi connectivity index (χ1) is 28.9. The van der Waals surface area contributed by atoms with Gasteiger partial charge in [-0.05, 0) is 96.1 Å². The minimum absolute atomic E-state index is 0.0164. The first-order valence-electron chi connectivity index (χ1n) is 19.0. The van der Waals surface area contributed by atoms with E-state index in [2.05, 4.69) is 9.97 Å². The number of aromatic nitrogens is 4. The molecule has 7 heterocycles. The molecule has 0 saturated heterocycles. The first-order valence-corrected chi connectivity index (χ1v) is 19.0. The predicted molar refractivity (Wildman–Crippen MR) is 230 cm³/mol. The van der Waals surface area contributed by atoms with E-state index < -0.39 is 9.85 Å². The average molecular weight is 777 g/mol. The lowest BCUT2D eigenvalue weighted by Gasteiger charge is -2.15. The van der Waals surface area contributed by atoms with Crippen LogP contribution >= 0.6 is 0 Å². The maximum absolute atomic E-state index is 11.7. The van der Waals surface area contributed by atoms with Crippen LogP contribution in [0.25, 0.3) is 90.9 Å². The molecule has 4 aliphatic heterocycles. The largest absolute Gasteiger partial charge is 0.493 e. The van der Waals surface area contributed by atoms with Gasteiger partial charge in [0, 0.05) is 86.1 Å². The fourth-order valence-electron chi connectivity index (χ4n) is 7.90. The van der Waals surface area contributed by atoms with Gasteiger partial charge in [-0.1, -0.05) is 36.4 Å². The van der Waals surface area contributed by atoms with Crippen molar-refractivity contribution in [2.75, 3.05) is 13.2 Å². The smallest absolute Gasteiger partial charge is 0.269 e. The van der Waals surface area contributed by atoms with Crippen LogP contribution in [0.5, 0.6) is 11.5 Å². The van der Waals surface area contributed by atoms with Crippen LogP contribution in [-0.4, -0.2) is 43.0 Å². The Morgan fingerprint density at radius 3 is 1.20 bits per heavy atom. The number of nitrogens with zero attached hydrogens (tertiary/aromatic N) is 4. The Hall–Kier alpha value is -8.12. The Kier molecular flexibility index (Phi) is 8.63.